The van der Waals surface area contributed by atoms with E-state index < -0.39 is 0 Å². The molecular formula is C17H15N3O. The number of benzene rings is 2. The number of nitrogen functional groups attached to an aromatic ring is 1. The molecule has 0 saturated carbocycles. The first-order valence-corrected chi connectivity index (χ1v) is 6.67. The Bertz CT molecular complexity index is 712. The van der Waals surface area contributed by atoms with E-state index >= 15 is 0 Å². The minimum atomic E-state index is 0.275. The molecule has 104 valence electrons. The number of nitrogens with two attached hydrogens (primary N) is 1. The molecule has 0 saturated heterocycles. The molecule has 0 aliphatic carbocycles. The maximum atomic E-state index is 5.75. The molecule has 21 heavy (non-hydrogen) atoms. The average Bonchev–Trinajstić information content (AvgIpc) is 2.54. The Hall–Kier alpha value is -2.88. The van der Waals surface area contributed by atoms with Crippen LogP contribution in [0.25, 0.3) is 11.3 Å². The first kappa shape index (κ1) is 13.1. The van der Waals surface area contributed by atoms with Gasteiger partial charge in [0.25, 0.3) is 0 Å². The predicted octanol–water partition coefficient (Wildman–Crippen LogP) is 3.30. The lowest BCUT2D eigenvalue weighted by Crippen LogP contribution is -1.96. The highest BCUT2D eigenvalue weighted by Crippen LogP contribution is 2.21. The molecule has 2 N–H and O–H groups in total. The number of hydrogen-bond acceptors (Lipinski definition) is 4. The van der Waals surface area contributed by atoms with Crippen molar-refractivity contribution in [3.8, 4) is 17.0 Å². The molecule has 0 aliphatic heterocycles. The van der Waals surface area contributed by atoms with Crippen LogP contribution in [-0.2, 0) is 6.61 Å². The summed E-state index contributed by atoms with van der Waals surface area (Å²) >= 11 is 0. The zero-order chi connectivity index (χ0) is 14.5. The average molecular weight is 277 g/mol. The van der Waals surface area contributed by atoms with E-state index in [1.165, 1.54) is 0 Å². The van der Waals surface area contributed by atoms with Crippen molar-refractivity contribution in [2.75, 3.05) is 5.73 Å². The highest BCUT2D eigenvalue weighted by molar-refractivity contribution is 5.60. The molecule has 1 aromatic heterocycles. The summed E-state index contributed by atoms with van der Waals surface area (Å²) in [7, 11) is 0. The lowest BCUT2D eigenvalue weighted by molar-refractivity contribution is 0.306. The maximum Gasteiger partial charge on any atom is 0.220 e. The van der Waals surface area contributed by atoms with Crippen molar-refractivity contribution >= 4 is 5.95 Å². The van der Waals surface area contributed by atoms with E-state index in [1.54, 1.807) is 6.20 Å². The monoisotopic (exact) mass is 277 g/mol. The molecule has 0 spiro atoms. The summed E-state index contributed by atoms with van der Waals surface area (Å²) in [5, 5.41) is 0. The van der Waals surface area contributed by atoms with E-state index in [0.29, 0.717) is 6.61 Å². The second-order valence-electron chi connectivity index (χ2n) is 4.60. The van der Waals surface area contributed by atoms with Crippen LogP contribution in [0.4, 0.5) is 5.95 Å². The quantitative estimate of drug-likeness (QED) is 0.794. The summed E-state index contributed by atoms with van der Waals surface area (Å²) < 4.78 is 5.75. The fourth-order valence-corrected chi connectivity index (χ4v) is 2.00. The van der Waals surface area contributed by atoms with Crippen LogP contribution in [0.1, 0.15) is 5.56 Å². The molecule has 3 rings (SSSR count). The molecule has 4 heteroatoms. The summed E-state index contributed by atoms with van der Waals surface area (Å²) in [5.41, 5.74) is 8.52. The molecule has 0 unspecified atom stereocenters. The van der Waals surface area contributed by atoms with Gasteiger partial charge in [-0.1, -0.05) is 30.3 Å². The SMILES string of the molecule is Nc1nccc(-c2ccc(OCc3ccccc3)cc2)n1. The standard InChI is InChI=1S/C17H15N3O/c18-17-19-11-10-16(20-17)14-6-8-15(9-7-14)21-12-13-4-2-1-3-5-13/h1-11H,12H2,(H2,18,19,20). The second kappa shape index (κ2) is 6.05. The molecule has 2 aromatic carbocycles. The molecule has 0 atom stereocenters. The lowest BCUT2D eigenvalue weighted by atomic mass is 10.1. The smallest absolute Gasteiger partial charge is 0.220 e. The van der Waals surface area contributed by atoms with Gasteiger partial charge in [-0.2, -0.15) is 0 Å². The third-order valence-corrected chi connectivity index (χ3v) is 3.07. The van der Waals surface area contributed by atoms with Crippen LogP contribution in [0.2, 0.25) is 0 Å². The van der Waals surface area contributed by atoms with Gasteiger partial charge in [0.1, 0.15) is 12.4 Å². The normalized spacial score (nSPS) is 10.3. The van der Waals surface area contributed by atoms with Gasteiger partial charge >= 0.3 is 0 Å². The molecule has 0 amide bonds. The zero-order valence-electron chi connectivity index (χ0n) is 11.4. The lowest BCUT2D eigenvalue weighted by Gasteiger charge is -2.07. The maximum absolute atomic E-state index is 5.75. The van der Waals surface area contributed by atoms with Gasteiger partial charge in [0.15, 0.2) is 0 Å². The fraction of sp³-hybridized carbons (Fsp3) is 0.0588. The van der Waals surface area contributed by atoms with Crippen LogP contribution in [-0.4, -0.2) is 9.97 Å². The van der Waals surface area contributed by atoms with Gasteiger partial charge in [0, 0.05) is 11.8 Å². The van der Waals surface area contributed by atoms with Crippen molar-refractivity contribution in [1.29, 1.82) is 0 Å². The van der Waals surface area contributed by atoms with Crippen LogP contribution >= 0.6 is 0 Å². The van der Waals surface area contributed by atoms with E-state index in [-0.39, 0.29) is 5.95 Å². The topological polar surface area (TPSA) is 61.0 Å². The summed E-state index contributed by atoms with van der Waals surface area (Å²) in [4.78, 5) is 8.08. The van der Waals surface area contributed by atoms with Crippen molar-refractivity contribution in [3.05, 3.63) is 72.4 Å². The number of anilines is 1. The van der Waals surface area contributed by atoms with Crippen molar-refractivity contribution in [1.82, 2.24) is 9.97 Å². The Morgan fingerprint density at radius 3 is 2.38 bits per heavy atom. The third kappa shape index (κ3) is 3.36. The van der Waals surface area contributed by atoms with Gasteiger partial charge in [-0.3, -0.25) is 0 Å². The number of nitrogens with zero attached hydrogens (tertiary/aromatic N) is 2. The van der Waals surface area contributed by atoms with Crippen molar-refractivity contribution < 1.29 is 4.74 Å². The van der Waals surface area contributed by atoms with Crippen LogP contribution in [0, 0.1) is 0 Å². The Labute approximate surface area is 123 Å². The Morgan fingerprint density at radius 2 is 1.67 bits per heavy atom. The van der Waals surface area contributed by atoms with Gasteiger partial charge in [0.2, 0.25) is 5.95 Å². The largest absolute Gasteiger partial charge is 0.489 e. The molecule has 4 nitrogen and oxygen atoms in total. The molecular weight excluding hydrogens is 262 g/mol. The van der Waals surface area contributed by atoms with Crippen LogP contribution in [0.15, 0.2) is 66.9 Å². The molecule has 0 bridgehead atoms. The van der Waals surface area contributed by atoms with Gasteiger partial charge in [-0.25, -0.2) is 9.97 Å². The van der Waals surface area contributed by atoms with E-state index in [2.05, 4.69) is 9.97 Å². The van der Waals surface area contributed by atoms with Crippen LogP contribution < -0.4 is 10.5 Å². The molecule has 0 radical (unpaired) electrons. The van der Waals surface area contributed by atoms with Crippen molar-refractivity contribution in [3.63, 3.8) is 0 Å². The Balaban J connectivity index is 1.69. The Kier molecular flexibility index (Phi) is 3.78. The molecule has 0 aliphatic rings. The first-order chi connectivity index (χ1) is 10.3. The zero-order valence-corrected chi connectivity index (χ0v) is 11.4. The molecule has 3 aromatic rings. The minimum Gasteiger partial charge on any atom is -0.489 e. The predicted molar refractivity (Wildman–Crippen MR) is 82.7 cm³/mol. The number of hydrogen-bond donors (Lipinski definition) is 1. The summed E-state index contributed by atoms with van der Waals surface area (Å²) in [6.45, 7) is 0.556. The van der Waals surface area contributed by atoms with Crippen LogP contribution in [0.5, 0.6) is 5.75 Å². The summed E-state index contributed by atoms with van der Waals surface area (Å²) in [6.07, 6.45) is 1.65. The summed E-state index contributed by atoms with van der Waals surface area (Å²) in [5.74, 6) is 1.10. The molecule has 1 heterocycles. The van der Waals surface area contributed by atoms with E-state index in [0.717, 1.165) is 22.6 Å². The first-order valence-electron chi connectivity index (χ1n) is 6.67. The Morgan fingerprint density at radius 1 is 0.905 bits per heavy atom. The van der Waals surface area contributed by atoms with E-state index in [1.807, 2.05) is 60.7 Å². The second-order valence-corrected chi connectivity index (χ2v) is 4.60. The molecule has 0 fully saturated rings. The number of rotatable bonds is 4. The minimum absolute atomic E-state index is 0.275. The van der Waals surface area contributed by atoms with Gasteiger partial charge in [0.05, 0.1) is 5.69 Å². The number of ether oxygens (including phenoxy) is 1. The fourth-order valence-electron chi connectivity index (χ4n) is 2.00. The van der Waals surface area contributed by atoms with Gasteiger partial charge in [-0.15, -0.1) is 0 Å². The van der Waals surface area contributed by atoms with Gasteiger partial charge < -0.3 is 10.5 Å². The third-order valence-electron chi connectivity index (χ3n) is 3.07. The van der Waals surface area contributed by atoms with E-state index in [9.17, 15) is 0 Å². The van der Waals surface area contributed by atoms with Crippen molar-refractivity contribution in [2.45, 2.75) is 6.61 Å². The number of aromatic nitrogens is 2. The van der Waals surface area contributed by atoms with E-state index in [4.69, 9.17) is 10.5 Å². The highest BCUT2D eigenvalue weighted by Gasteiger charge is 2.01. The van der Waals surface area contributed by atoms with Crippen molar-refractivity contribution in [2.24, 2.45) is 0 Å². The van der Waals surface area contributed by atoms with Crippen LogP contribution in [0.3, 0.4) is 0 Å². The highest BCUT2D eigenvalue weighted by atomic mass is 16.5. The summed E-state index contributed by atoms with van der Waals surface area (Å²) in [6, 6.07) is 19.7. The van der Waals surface area contributed by atoms with Gasteiger partial charge in [-0.05, 0) is 35.9 Å².